The van der Waals surface area contributed by atoms with Crippen molar-refractivity contribution in [2.45, 2.75) is 19.3 Å². The van der Waals surface area contributed by atoms with Gasteiger partial charge in [0.15, 0.2) is 6.20 Å². The Morgan fingerprint density at radius 1 is 0.882 bits per heavy atom. The Morgan fingerprint density at radius 3 is 2.09 bits per heavy atom. The van der Waals surface area contributed by atoms with E-state index in [1.54, 1.807) is 19.2 Å². The van der Waals surface area contributed by atoms with E-state index in [-0.39, 0.29) is 30.5 Å². The maximum Gasteiger partial charge on any atom is 0.363 e. The van der Waals surface area contributed by atoms with Crippen LogP contribution in [0, 0.1) is 10.1 Å². The molecule has 3 aromatic rings. The Hall–Kier alpha value is -4.22. The molecule has 12 nitrogen and oxygen atoms in total. The minimum atomic E-state index is -0.518. The zero-order chi connectivity index (χ0) is 24.0. The van der Waals surface area contributed by atoms with Gasteiger partial charge in [-0.3, -0.25) is 14.2 Å². The summed E-state index contributed by atoms with van der Waals surface area (Å²) in [7, 11) is 1.63. The van der Waals surface area contributed by atoms with Crippen LogP contribution >= 0.6 is 0 Å². The number of imide groups is 1. The number of carbonyl (C=O) groups excluding carboxylic acids is 2. The first-order valence-corrected chi connectivity index (χ1v) is 11.0. The Labute approximate surface area is 193 Å². The first-order valence-electron chi connectivity index (χ1n) is 11.0. The van der Waals surface area contributed by atoms with Crippen LogP contribution in [0.3, 0.4) is 0 Å². The van der Waals surface area contributed by atoms with Crippen LogP contribution in [0.1, 0.15) is 19.3 Å². The topological polar surface area (TPSA) is 127 Å². The van der Waals surface area contributed by atoms with E-state index < -0.39 is 10.6 Å². The molecule has 0 unspecified atom stereocenters. The van der Waals surface area contributed by atoms with Gasteiger partial charge >= 0.3 is 11.5 Å². The van der Waals surface area contributed by atoms with Crippen LogP contribution in [0.2, 0.25) is 0 Å². The number of benzene rings is 1. The quantitative estimate of drug-likeness (QED) is 0.319. The number of nitro groups is 1. The molecule has 0 bridgehead atoms. The number of amides is 2. The molecular formula is C22H23N7O5. The number of rotatable bonds is 4. The summed E-state index contributed by atoms with van der Waals surface area (Å²) in [5, 5.41) is 11.8. The lowest BCUT2D eigenvalue weighted by molar-refractivity contribution is -0.389. The molecule has 1 aromatic carbocycles. The number of aryl methyl sites for hydroxylation is 1. The Bertz CT molecular complexity index is 1340. The highest BCUT2D eigenvalue weighted by Crippen LogP contribution is 2.25. The van der Waals surface area contributed by atoms with E-state index in [1.165, 1.54) is 21.5 Å². The van der Waals surface area contributed by atoms with Crippen LogP contribution in [0.25, 0.3) is 11.0 Å². The number of piperazine rings is 1. The highest BCUT2D eigenvalue weighted by atomic mass is 16.6. The van der Waals surface area contributed by atoms with Gasteiger partial charge in [-0.05, 0) is 40.6 Å². The van der Waals surface area contributed by atoms with Crippen molar-refractivity contribution in [2.24, 2.45) is 7.05 Å². The molecule has 0 radical (unpaired) electrons. The van der Waals surface area contributed by atoms with Crippen LogP contribution in [0.4, 0.5) is 17.2 Å². The predicted octanol–water partition coefficient (Wildman–Crippen LogP) is 1.14. The summed E-state index contributed by atoms with van der Waals surface area (Å²) in [5.74, 6) is -0.917. The number of piperidine rings is 1. The number of carbonyl (C=O) groups is 2. The van der Waals surface area contributed by atoms with Gasteiger partial charge in [0.25, 0.3) is 0 Å². The summed E-state index contributed by atoms with van der Waals surface area (Å²) >= 11 is 0. The third kappa shape index (κ3) is 3.56. The fourth-order valence-electron chi connectivity index (χ4n) is 4.56. The molecule has 176 valence electrons. The SMILES string of the molecule is Cn1c(=O)n(N2C(=O)CCCC2=O)c2ccc(N3CCN(c4ccc([N+](=O)[O-])nc4)CC3)cc21. The molecule has 0 spiro atoms. The number of pyridine rings is 1. The summed E-state index contributed by atoms with van der Waals surface area (Å²) in [6.07, 6.45) is 2.49. The third-order valence-corrected chi connectivity index (χ3v) is 6.40. The molecule has 34 heavy (non-hydrogen) atoms. The van der Waals surface area contributed by atoms with Crippen molar-refractivity contribution in [3.63, 3.8) is 0 Å². The lowest BCUT2D eigenvalue weighted by Gasteiger charge is -2.36. The largest absolute Gasteiger partial charge is 0.368 e. The summed E-state index contributed by atoms with van der Waals surface area (Å²) in [4.78, 5) is 56.3. The molecule has 12 heteroatoms. The second-order valence-corrected chi connectivity index (χ2v) is 8.39. The van der Waals surface area contributed by atoms with E-state index in [0.717, 1.165) is 16.4 Å². The van der Waals surface area contributed by atoms with Crippen molar-refractivity contribution in [3.8, 4) is 0 Å². The molecule has 0 aliphatic carbocycles. The maximum atomic E-state index is 12.9. The predicted molar refractivity (Wildman–Crippen MR) is 125 cm³/mol. The van der Waals surface area contributed by atoms with Crippen molar-refractivity contribution in [2.75, 3.05) is 41.0 Å². The van der Waals surface area contributed by atoms with Crippen LogP contribution in [0.5, 0.6) is 0 Å². The minimum Gasteiger partial charge on any atom is -0.368 e. The van der Waals surface area contributed by atoms with Crippen molar-refractivity contribution >= 4 is 40.0 Å². The molecule has 0 saturated carbocycles. The standard InChI is InChI=1S/C22H23N7O5/c1-24-18-13-15(5-7-17(18)27(22(24)32)28-20(30)3-2-4-21(28)31)25-9-11-26(12-10-25)16-6-8-19(23-14-16)29(33)34/h5-8,13-14H,2-4,9-12H2,1H3. The summed E-state index contributed by atoms with van der Waals surface area (Å²) in [6.45, 7) is 2.82. The van der Waals surface area contributed by atoms with Gasteiger partial charge in [-0.15, -0.1) is 0 Å². The van der Waals surface area contributed by atoms with E-state index in [2.05, 4.69) is 14.8 Å². The lowest BCUT2D eigenvalue weighted by atomic mass is 10.1. The van der Waals surface area contributed by atoms with Gasteiger partial charge in [0.05, 0.1) is 16.7 Å². The monoisotopic (exact) mass is 465 g/mol. The van der Waals surface area contributed by atoms with Crippen LogP contribution < -0.4 is 20.5 Å². The second-order valence-electron chi connectivity index (χ2n) is 8.39. The number of hydrogen-bond acceptors (Lipinski definition) is 8. The lowest BCUT2D eigenvalue weighted by Crippen LogP contribution is -2.52. The highest BCUT2D eigenvalue weighted by Gasteiger charge is 2.31. The van der Waals surface area contributed by atoms with Gasteiger partial charge in [-0.25, -0.2) is 4.79 Å². The molecule has 2 aliphatic rings. The first-order chi connectivity index (χ1) is 16.3. The highest BCUT2D eigenvalue weighted by molar-refractivity contribution is 6.11. The van der Waals surface area contributed by atoms with Gasteiger partial charge < -0.3 is 19.9 Å². The van der Waals surface area contributed by atoms with Gasteiger partial charge in [-0.2, -0.15) is 9.69 Å². The van der Waals surface area contributed by atoms with E-state index in [0.29, 0.717) is 43.6 Å². The molecule has 5 rings (SSSR count). The molecule has 2 amide bonds. The van der Waals surface area contributed by atoms with Crippen LogP contribution in [0.15, 0.2) is 41.3 Å². The fraction of sp³-hybridized carbons (Fsp3) is 0.364. The van der Waals surface area contributed by atoms with Crippen molar-refractivity contribution in [1.82, 2.24) is 14.2 Å². The average molecular weight is 465 g/mol. The molecule has 2 aliphatic heterocycles. The third-order valence-electron chi connectivity index (χ3n) is 6.40. The molecule has 0 atom stereocenters. The number of imidazole rings is 1. The Kier molecular flexibility index (Phi) is 5.27. The van der Waals surface area contributed by atoms with Gasteiger partial charge in [0.2, 0.25) is 11.8 Å². The van der Waals surface area contributed by atoms with E-state index >= 15 is 0 Å². The number of anilines is 2. The van der Waals surface area contributed by atoms with E-state index in [9.17, 15) is 24.5 Å². The first kappa shape index (κ1) is 21.6. The molecule has 0 N–H and O–H groups in total. The summed E-state index contributed by atoms with van der Waals surface area (Å²) < 4.78 is 2.63. The number of fused-ring (bicyclic) bond motifs is 1. The van der Waals surface area contributed by atoms with Gasteiger partial charge in [-0.1, -0.05) is 0 Å². The van der Waals surface area contributed by atoms with Crippen molar-refractivity contribution < 1.29 is 14.5 Å². The van der Waals surface area contributed by atoms with E-state index in [1.807, 2.05) is 12.1 Å². The van der Waals surface area contributed by atoms with E-state index in [4.69, 9.17) is 0 Å². The Balaban J connectivity index is 1.38. The molecule has 4 heterocycles. The minimum absolute atomic E-state index is 0.179. The summed E-state index contributed by atoms with van der Waals surface area (Å²) in [5.41, 5.74) is 2.46. The smallest absolute Gasteiger partial charge is 0.363 e. The zero-order valence-electron chi connectivity index (χ0n) is 18.6. The molecular weight excluding hydrogens is 442 g/mol. The zero-order valence-corrected chi connectivity index (χ0v) is 18.6. The average Bonchev–Trinajstić information content (AvgIpc) is 3.09. The van der Waals surface area contributed by atoms with Crippen molar-refractivity contribution in [1.29, 1.82) is 0 Å². The molecule has 2 aromatic heterocycles. The Morgan fingerprint density at radius 2 is 1.50 bits per heavy atom. The van der Waals surface area contributed by atoms with Crippen molar-refractivity contribution in [3.05, 3.63) is 57.1 Å². The maximum absolute atomic E-state index is 12.9. The number of aromatic nitrogens is 3. The summed E-state index contributed by atoms with van der Waals surface area (Å²) in [6, 6.07) is 8.66. The van der Waals surface area contributed by atoms with Crippen LogP contribution in [-0.2, 0) is 16.6 Å². The second kappa shape index (κ2) is 8.28. The number of nitrogens with zero attached hydrogens (tertiary/aromatic N) is 7. The fourth-order valence-corrected chi connectivity index (χ4v) is 4.56. The van der Waals surface area contributed by atoms with Gasteiger partial charge in [0.1, 0.15) is 0 Å². The number of hydrogen-bond donors (Lipinski definition) is 0. The molecule has 2 fully saturated rings. The van der Waals surface area contributed by atoms with Gasteiger partial charge in [0, 0.05) is 57.8 Å². The normalized spacial score (nSPS) is 17.0. The molecule has 2 saturated heterocycles. The van der Waals surface area contributed by atoms with Crippen LogP contribution in [-0.4, -0.2) is 57.1 Å².